The fourth-order valence-electron chi connectivity index (χ4n) is 2.79. The number of anilines is 1. The summed E-state index contributed by atoms with van der Waals surface area (Å²) in [5, 5.41) is 14.9. The van der Waals surface area contributed by atoms with Gasteiger partial charge in [0.25, 0.3) is 5.56 Å². The van der Waals surface area contributed by atoms with Gasteiger partial charge in [0.15, 0.2) is 11.3 Å². The minimum Gasteiger partial charge on any atom is -0.309 e. The highest BCUT2D eigenvalue weighted by atomic mass is 19.4. The Hall–Kier alpha value is -4.41. The summed E-state index contributed by atoms with van der Waals surface area (Å²) in [7, 11) is 0. The van der Waals surface area contributed by atoms with E-state index in [0.29, 0.717) is 6.20 Å². The smallest absolute Gasteiger partial charge is 0.309 e. The molecule has 0 aliphatic carbocycles. The molecule has 4 aromatic rings. The largest absolute Gasteiger partial charge is 0.451 e. The van der Waals surface area contributed by atoms with Gasteiger partial charge in [-0.15, -0.1) is 0 Å². The number of hydrogen-bond acceptors (Lipinski definition) is 7. The van der Waals surface area contributed by atoms with E-state index in [2.05, 4.69) is 25.4 Å². The average molecular weight is 432 g/mol. The molecule has 10 nitrogen and oxygen atoms in total. The maximum atomic E-state index is 13.1. The third kappa shape index (κ3) is 3.64. The van der Waals surface area contributed by atoms with Crippen LogP contribution in [0.3, 0.4) is 0 Å². The summed E-state index contributed by atoms with van der Waals surface area (Å²) in [6.07, 6.45) is -3.36. The molecule has 0 saturated heterocycles. The molecule has 0 spiro atoms. The predicted octanol–water partition coefficient (Wildman–Crippen LogP) is 1.50. The number of nitrogens with zero attached hydrogens (tertiary/aromatic N) is 7. The number of aromatic nitrogens is 6. The van der Waals surface area contributed by atoms with Crippen molar-refractivity contribution >= 4 is 28.4 Å². The fourth-order valence-corrected chi connectivity index (χ4v) is 2.79. The minimum absolute atomic E-state index is 0.00963. The molecule has 1 N–H and O–H groups in total. The number of halogens is 4. The molecule has 0 bridgehead atoms. The van der Waals surface area contributed by atoms with E-state index in [1.807, 2.05) is 0 Å². The lowest BCUT2D eigenvalue weighted by Crippen LogP contribution is -2.26. The normalized spacial score (nSPS) is 11.6. The molecular formula is C17H8F4N8O2. The van der Waals surface area contributed by atoms with Crippen molar-refractivity contribution in [3.8, 4) is 6.07 Å². The molecule has 0 atom stereocenters. The molecule has 0 saturated carbocycles. The van der Waals surface area contributed by atoms with Gasteiger partial charge in [0, 0.05) is 12.3 Å². The van der Waals surface area contributed by atoms with Gasteiger partial charge in [-0.1, -0.05) is 0 Å². The van der Waals surface area contributed by atoms with Gasteiger partial charge in [-0.05, 0) is 12.1 Å². The van der Waals surface area contributed by atoms with Crippen LogP contribution in [-0.2, 0) is 17.5 Å². The second kappa shape index (κ2) is 7.13. The second-order valence-corrected chi connectivity index (χ2v) is 6.14. The van der Waals surface area contributed by atoms with Gasteiger partial charge in [0.05, 0.1) is 6.20 Å². The molecule has 14 heteroatoms. The van der Waals surface area contributed by atoms with Crippen LogP contribution < -0.4 is 10.9 Å². The Morgan fingerprint density at radius 3 is 2.65 bits per heavy atom. The zero-order valence-electron chi connectivity index (χ0n) is 15.1. The first-order valence-electron chi connectivity index (χ1n) is 8.35. The highest BCUT2D eigenvalue weighted by molar-refractivity contribution is 5.91. The van der Waals surface area contributed by atoms with Crippen LogP contribution in [0, 0.1) is 17.1 Å². The summed E-state index contributed by atoms with van der Waals surface area (Å²) in [5.41, 5.74) is -1.68. The van der Waals surface area contributed by atoms with E-state index < -0.39 is 41.5 Å². The van der Waals surface area contributed by atoms with E-state index in [1.165, 1.54) is 6.07 Å². The number of nitriles is 1. The summed E-state index contributed by atoms with van der Waals surface area (Å²) in [6, 6.07) is 5.07. The lowest BCUT2D eigenvalue weighted by molar-refractivity contribution is -0.144. The van der Waals surface area contributed by atoms with Gasteiger partial charge in [-0.2, -0.15) is 28.0 Å². The molecule has 4 aromatic heterocycles. The van der Waals surface area contributed by atoms with Crippen molar-refractivity contribution < 1.29 is 22.4 Å². The molecule has 0 aliphatic heterocycles. The van der Waals surface area contributed by atoms with Crippen LogP contribution in [-0.4, -0.2) is 35.0 Å². The minimum atomic E-state index is -4.90. The van der Waals surface area contributed by atoms with Gasteiger partial charge in [-0.3, -0.25) is 9.59 Å². The molecule has 0 aromatic carbocycles. The van der Waals surface area contributed by atoms with Crippen LogP contribution in [0.25, 0.3) is 16.7 Å². The van der Waals surface area contributed by atoms with Crippen molar-refractivity contribution in [1.29, 1.82) is 5.26 Å². The summed E-state index contributed by atoms with van der Waals surface area (Å²) < 4.78 is 54.1. The van der Waals surface area contributed by atoms with Crippen molar-refractivity contribution in [2.45, 2.75) is 12.7 Å². The van der Waals surface area contributed by atoms with Gasteiger partial charge in [0.2, 0.25) is 11.7 Å². The van der Waals surface area contributed by atoms with E-state index in [9.17, 15) is 27.2 Å². The Kier molecular flexibility index (Phi) is 4.57. The lowest BCUT2D eigenvalue weighted by Gasteiger charge is -2.13. The number of hydrogen-bond donors (Lipinski definition) is 1. The lowest BCUT2D eigenvalue weighted by atomic mass is 10.3. The van der Waals surface area contributed by atoms with E-state index >= 15 is 0 Å². The number of carbonyl (C=O) groups is 1. The van der Waals surface area contributed by atoms with E-state index in [4.69, 9.17) is 5.26 Å². The third-order valence-corrected chi connectivity index (χ3v) is 4.08. The molecule has 31 heavy (non-hydrogen) atoms. The molecule has 4 heterocycles. The number of amides is 1. The number of fused-ring (bicyclic) bond motifs is 2. The Labute approximate surface area is 168 Å². The maximum absolute atomic E-state index is 13.1. The number of pyridine rings is 1. The van der Waals surface area contributed by atoms with E-state index in [-0.39, 0.29) is 22.5 Å². The van der Waals surface area contributed by atoms with Crippen LogP contribution in [0.5, 0.6) is 0 Å². The van der Waals surface area contributed by atoms with Crippen LogP contribution in [0.15, 0.2) is 35.4 Å². The van der Waals surface area contributed by atoms with Crippen molar-refractivity contribution in [2.75, 3.05) is 5.32 Å². The van der Waals surface area contributed by atoms with Crippen molar-refractivity contribution in [1.82, 2.24) is 29.1 Å². The summed E-state index contributed by atoms with van der Waals surface area (Å²) >= 11 is 0. The Balaban J connectivity index is 1.89. The van der Waals surface area contributed by atoms with E-state index in [1.54, 1.807) is 6.07 Å². The quantitative estimate of drug-likeness (QED) is 0.486. The van der Waals surface area contributed by atoms with Gasteiger partial charge in [0.1, 0.15) is 35.3 Å². The number of alkyl halides is 3. The first-order chi connectivity index (χ1) is 14.7. The summed E-state index contributed by atoms with van der Waals surface area (Å²) in [5.74, 6) is -2.92. The molecular weight excluding hydrogens is 424 g/mol. The van der Waals surface area contributed by atoms with Crippen LogP contribution in [0.2, 0.25) is 0 Å². The monoisotopic (exact) mass is 432 g/mol. The highest BCUT2D eigenvalue weighted by Crippen LogP contribution is 2.27. The first kappa shape index (κ1) is 19.9. The van der Waals surface area contributed by atoms with Crippen molar-refractivity contribution in [2.24, 2.45) is 0 Å². The zero-order valence-corrected chi connectivity index (χ0v) is 15.1. The third-order valence-electron chi connectivity index (χ3n) is 4.08. The Morgan fingerprint density at radius 1 is 1.23 bits per heavy atom. The van der Waals surface area contributed by atoms with E-state index in [0.717, 1.165) is 27.4 Å². The molecule has 0 unspecified atom stereocenters. The van der Waals surface area contributed by atoms with Crippen LogP contribution in [0.4, 0.5) is 23.4 Å². The number of nitrogens with one attached hydrogen (secondary N) is 1. The standard InChI is InChI=1S/C17H8F4N8O2/c18-8-1-2-11(23-5-8)25-12(30)7-28-13-3-9(4-22)27-29(13)15(31)10-6-24-16(17(19,20)21)26-14(10)28/h1-3,5-6H,7H2,(H,23,25,30). The SMILES string of the molecule is N#Cc1cc2n(CC(=O)Nc3ccc(F)cn3)c3nc(C(F)(F)F)ncc3c(=O)n2n1. The first-order valence-corrected chi connectivity index (χ1v) is 8.35. The average Bonchev–Trinajstić information content (AvgIpc) is 3.16. The zero-order chi connectivity index (χ0) is 22.3. The topological polar surface area (TPSA) is 131 Å². The number of rotatable bonds is 3. The van der Waals surface area contributed by atoms with Gasteiger partial charge in [-0.25, -0.2) is 19.3 Å². The van der Waals surface area contributed by atoms with Gasteiger partial charge < -0.3 is 9.88 Å². The molecule has 0 aliphatic rings. The molecule has 4 rings (SSSR count). The number of carbonyl (C=O) groups excluding carboxylic acids is 1. The van der Waals surface area contributed by atoms with Crippen LogP contribution in [0.1, 0.15) is 11.5 Å². The highest BCUT2D eigenvalue weighted by Gasteiger charge is 2.35. The van der Waals surface area contributed by atoms with Crippen molar-refractivity contribution in [3.05, 3.63) is 58.3 Å². The van der Waals surface area contributed by atoms with Crippen LogP contribution >= 0.6 is 0 Å². The summed E-state index contributed by atoms with van der Waals surface area (Å²) in [6.45, 7) is -0.621. The molecule has 0 fully saturated rings. The molecule has 1 amide bonds. The molecule has 0 radical (unpaired) electrons. The maximum Gasteiger partial charge on any atom is 0.451 e. The second-order valence-electron chi connectivity index (χ2n) is 6.14. The summed E-state index contributed by atoms with van der Waals surface area (Å²) in [4.78, 5) is 35.4. The Bertz CT molecular complexity index is 1430. The predicted molar refractivity (Wildman–Crippen MR) is 95.1 cm³/mol. The Morgan fingerprint density at radius 2 is 2.00 bits per heavy atom. The fraction of sp³-hybridized carbons (Fsp3) is 0.118. The van der Waals surface area contributed by atoms with Crippen molar-refractivity contribution in [3.63, 3.8) is 0 Å². The molecule has 156 valence electrons. The van der Waals surface area contributed by atoms with Gasteiger partial charge >= 0.3 is 6.18 Å².